The summed E-state index contributed by atoms with van der Waals surface area (Å²) in [6.45, 7) is 9.67. The van der Waals surface area contributed by atoms with E-state index in [1.165, 1.54) is 11.3 Å². The highest BCUT2D eigenvalue weighted by molar-refractivity contribution is 7.29. The highest BCUT2D eigenvalue weighted by Gasteiger charge is 2.24. The van der Waals surface area contributed by atoms with Crippen LogP contribution in [0.5, 0.6) is 0 Å². The van der Waals surface area contributed by atoms with Gasteiger partial charge in [0.25, 0.3) is 5.91 Å². The number of carbonyl (C=O) groups is 2. The van der Waals surface area contributed by atoms with E-state index in [2.05, 4.69) is 29.0 Å². The number of carboxylic acid groups (broad SMARTS) is 1. The molecule has 2 heterocycles. The Hall–Kier alpha value is -1.67. The Bertz CT molecular complexity index is 701. The number of rotatable bonds is 8. The molecule has 0 spiro atoms. The lowest BCUT2D eigenvalue weighted by Gasteiger charge is -2.25. The number of nitrogens with one attached hydrogen (secondary N) is 1. The second kappa shape index (κ2) is 7.48. The van der Waals surface area contributed by atoms with E-state index in [0.29, 0.717) is 11.3 Å². The second-order valence-corrected chi connectivity index (χ2v) is 8.22. The van der Waals surface area contributed by atoms with Gasteiger partial charge in [-0.3, -0.25) is 9.59 Å². The molecule has 0 unspecified atom stereocenters. The van der Waals surface area contributed by atoms with E-state index in [1.54, 1.807) is 11.3 Å². The molecule has 0 bridgehead atoms. The SMILES string of the molecule is CCN(CC)c1nc2sc(C(=O)NC(C)(C)CCC(=O)O)cc2s1. The summed E-state index contributed by atoms with van der Waals surface area (Å²) < 4.78 is 1.01. The van der Waals surface area contributed by atoms with Crippen molar-refractivity contribution in [2.24, 2.45) is 0 Å². The molecular formula is C16H23N3O3S2. The number of carboxylic acids is 1. The molecule has 2 aromatic rings. The van der Waals surface area contributed by atoms with Crippen molar-refractivity contribution in [2.45, 2.75) is 46.1 Å². The molecule has 2 aromatic heterocycles. The molecule has 2 rings (SSSR count). The van der Waals surface area contributed by atoms with E-state index < -0.39 is 11.5 Å². The van der Waals surface area contributed by atoms with E-state index >= 15 is 0 Å². The average Bonchev–Trinajstić information content (AvgIpc) is 3.05. The van der Waals surface area contributed by atoms with Crippen molar-refractivity contribution < 1.29 is 14.7 Å². The number of fused-ring (bicyclic) bond motifs is 1. The smallest absolute Gasteiger partial charge is 0.303 e. The third-order valence-electron chi connectivity index (χ3n) is 3.75. The number of thiophene rings is 1. The van der Waals surface area contributed by atoms with Gasteiger partial charge in [-0.25, -0.2) is 4.98 Å². The molecule has 0 atom stereocenters. The minimum atomic E-state index is -0.859. The third kappa shape index (κ3) is 4.45. The lowest BCUT2D eigenvalue weighted by atomic mass is 9.98. The molecular weight excluding hydrogens is 346 g/mol. The number of amides is 1. The van der Waals surface area contributed by atoms with Crippen LogP contribution in [0.1, 0.15) is 50.2 Å². The van der Waals surface area contributed by atoms with E-state index in [9.17, 15) is 9.59 Å². The zero-order valence-electron chi connectivity index (χ0n) is 14.4. The van der Waals surface area contributed by atoms with Crippen LogP contribution in [0.2, 0.25) is 0 Å². The number of anilines is 1. The summed E-state index contributed by atoms with van der Waals surface area (Å²) in [5.41, 5.74) is -0.563. The van der Waals surface area contributed by atoms with Gasteiger partial charge in [0.15, 0.2) is 5.13 Å². The fraction of sp³-hybridized carbons (Fsp3) is 0.562. The Morgan fingerprint density at radius 3 is 2.50 bits per heavy atom. The maximum absolute atomic E-state index is 12.4. The van der Waals surface area contributed by atoms with Crippen molar-refractivity contribution >= 4 is 49.2 Å². The van der Waals surface area contributed by atoms with Gasteiger partial charge in [-0.2, -0.15) is 0 Å². The van der Waals surface area contributed by atoms with Crippen LogP contribution in [0.15, 0.2) is 6.07 Å². The number of thiazole rings is 1. The van der Waals surface area contributed by atoms with E-state index in [0.717, 1.165) is 27.8 Å². The predicted octanol–water partition coefficient (Wildman–Crippen LogP) is 3.58. The first-order chi connectivity index (χ1) is 11.3. The molecule has 0 saturated carbocycles. The summed E-state index contributed by atoms with van der Waals surface area (Å²) in [6, 6.07) is 1.87. The molecule has 0 aliphatic rings. The van der Waals surface area contributed by atoms with Gasteiger partial charge in [0, 0.05) is 25.0 Å². The zero-order chi connectivity index (χ0) is 17.9. The van der Waals surface area contributed by atoms with Crippen LogP contribution in [0.25, 0.3) is 9.53 Å². The van der Waals surface area contributed by atoms with Gasteiger partial charge in [0.05, 0.1) is 9.58 Å². The molecule has 0 aromatic carbocycles. The Balaban J connectivity index is 2.10. The molecule has 1 amide bonds. The highest BCUT2D eigenvalue weighted by atomic mass is 32.1. The summed E-state index contributed by atoms with van der Waals surface area (Å²) in [5, 5.41) is 12.7. The van der Waals surface area contributed by atoms with E-state index in [-0.39, 0.29) is 12.3 Å². The van der Waals surface area contributed by atoms with Crippen molar-refractivity contribution in [2.75, 3.05) is 18.0 Å². The number of hydrogen-bond acceptors (Lipinski definition) is 6. The van der Waals surface area contributed by atoms with Gasteiger partial charge in [-0.15, -0.1) is 11.3 Å². The number of nitrogens with zero attached hydrogens (tertiary/aromatic N) is 2. The summed E-state index contributed by atoms with van der Waals surface area (Å²) in [7, 11) is 0. The maximum Gasteiger partial charge on any atom is 0.303 e. The van der Waals surface area contributed by atoms with Crippen LogP contribution in [0.4, 0.5) is 5.13 Å². The number of carbonyl (C=O) groups excluding carboxylic acids is 1. The topological polar surface area (TPSA) is 82.5 Å². The largest absolute Gasteiger partial charge is 0.481 e. The lowest BCUT2D eigenvalue weighted by Crippen LogP contribution is -2.43. The van der Waals surface area contributed by atoms with Crippen molar-refractivity contribution in [3.05, 3.63) is 10.9 Å². The van der Waals surface area contributed by atoms with Gasteiger partial charge in [0.1, 0.15) is 4.83 Å². The maximum atomic E-state index is 12.4. The molecule has 6 nitrogen and oxygen atoms in total. The second-order valence-electron chi connectivity index (χ2n) is 6.18. The van der Waals surface area contributed by atoms with Crippen molar-refractivity contribution in [1.29, 1.82) is 0 Å². The van der Waals surface area contributed by atoms with Crippen molar-refractivity contribution in [1.82, 2.24) is 10.3 Å². The Morgan fingerprint density at radius 1 is 1.29 bits per heavy atom. The van der Waals surface area contributed by atoms with Gasteiger partial charge < -0.3 is 15.3 Å². The van der Waals surface area contributed by atoms with Gasteiger partial charge in [-0.1, -0.05) is 11.3 Å². The normalized spacial score (nSPS) is 11.7. The molecule has 0 fully saturated rings. The highest BCUT2D eigenvalue weighted by Crippen LogP contribution is 2.34. The fourth-order valence-electron chi connectivity index (χ4n) is 2.32. The van der Waals surface area contributed by atoms with Crippen LogP contribution in [-0.4, -0.2) is 40.6 Å². The third-order valence-corrected chi connectivity index (χ3v) is 5.97. The van der Waals surface area contributed by atoms with E-state index in [1.807, 2.05) is 19.9 Å². The first-order valence-corrected chi connectivity index (χ1v) is 9.58. The predicted molar refractivity (Wildman–Crippen MR) is 99.5 cm³/mol. The molecule has 8 heteroatoms. The summed E-state index contributed by atoms with van der Waals surface area (Å²) >= 11 is 2.97. The molecule has 0 aliphatic carbocycles. The lowest BCUT2D eigenvalue weighted by molar-refractivity contribution is -0.137. The van der Waals surface area contributed by atoms with Crippen molar-refractivity contribution in [3.63, 3.8) is 0 Å². The number of hydrogen-bond donors (Lipinski definition) is 2. The number of aliphatic carboxylic acids is 1. The minimum Gasteiger partial charge on any atom is -0.481 e. The van der Waals surface area contributed by atoms with Crippen LogP contribution >= 0.6 is 22.7 Å². The summed E-state index contributed by atoms with van der Waals surface area (Å²) in [4.78, 5) is 31.4. The average molecular weight is 370 g/mol. The van der Waals surface area contributed by atoms with Crippen molar-refractivity contribution in [3.8, 4) is 0 Å². The van der Waals surface area contributed by atoms with Crippen LogP contribution in [-0.2, 0) is 4.79 Å². The molecule has 2 N–H and O–H groups in total. The summed E-state index contributed by atoms with van der Waals surface area (Å²) in [5.74, 6) is -1.04. The molecule has 0 saturated heterocycles. The first-order valence-electron chi connectivity index (χ1n) is 7.95. The Morgan fingerprint density at radius 2 is 1.96 bits per heavy atom. The van der Waals surface area contributed by atoms with Gasteiger partial charge in [0.2, 0.25) is 0 Å². The monoisotopic (exact) mass is 369 g/mol. The van der Waals surface area contributed by atoms with Gasteiger partial charge in [-0.05, 0) is 40.2 Å². The molecule has 0 radical (unpaired) electrons. The van der Waals surface area contributed by atoms with Crippen LogP contribution in [0.3, 0.4) is 0 Å². The standard InChI is InChI=1S/C16H23N3O3S2/c1-5-19(6-2)15-17-14-11(24-15)9-10(23-14)13(22)18-16(3,4)8-7-12(20)21/h9H,5-8H2,1-4H3,(H,18,22)(H,20,21). The Kier molecular flexibility index (Phi) is 5.82. The van der Waals surface area contributed by atoms with Crippen LogP contribution in [0, 0.1) is 0 Å². The summed E-state index contributed by atoms with van der Waals surface area (Å²) in [6.07, 6.45) is 0.416. The van der Waals surface area contributed by atoms with Gasteiger partial charge >= 0.3 is 5.97 Å². The zero-order valence-corrected chi connectivity index (χ0v) is 16.0. The van der Waals surface area contributed by atoms with E-state index in [4.69, 9.17) is 5.11 Å². The quantitative estimate of drug-likeness (QED) is 0.743. The van der Waals surface area contributed by atoms with Crippen LogP contribution < -0.4 is 10.2 Å². The first kappa shape index (κ1) is 18.7. The Labute approximate surface area is 149 Å². The fourth-order valence-corrected chi connectivity index (χ4v) is 4.55. The molecule has 0 aliphatic heterocycles. The number of aromatic nitrogens is 1. The molecule has 132 valence electrons. The minimum absolute atomic E-state index is 0.0294. The molecule has 24 heavy (non-hydrogen) atoms.